The summed E-state index contributed by atoms with van der Waals surface area (Å²) in [6.07, 6.45) is 7.64. The second kappa shape index (κ2) is 9.82. The van der Waals surface area contributed by atoms with Crippen LogP contribution in [0.15, 0.2) is 39.7 Å². The van der Waals surface area contributed by atoms with Crippen molar-refractivity contribution in [3.05, 3.63) is 46.4 Å². The van der Waals surface area contributed by atoms with E-state index in [1.54, 1.807) is 13.3 Å². The molecule has 0 N–H and O–H groups in total. The number of benzene rings is 1. The molecular formula is C28H35N5O3. The van der Waals surface area contributed by atoms with E-state index in [0.717, 1.165) is 61.7 Å². The molecule has 0 bridgehead atoms. The topological polar surface area (TPSA) is 74.9 Å². The van der Waals surface area contributed by atoms with Crippen LogP contribution in [0.3, 0.4) is 0 Å². The van der Waals surface area contributed by atoms with Crippen LogP contribution in [0.1, 0.15) is 43.6 Å². The van der Waals surface area contributed by atoms with Crippen molar-refractivity contribution in [2.45, 2.75) is 44.1 Å². The number of nitrogens with zero attached hydrogens (tertiary/aromatic N) is 5. The van der Waals surface area contributed by atoms with Crippen molar-refractivity contribution < 1.29 is 9.15 Å². The lowest BCUT2D eigenvalue weighted by molar-refractivity contribution is 0.115. The van der Waals surface area contributed by atoms with E-state index < -0.39 is 0 Å². The van der Waals surface area contributed by atoms with Gasteiger partial charge >= 0.3 is 5.63 Å². The molecule has 1 saturated carbocycles. The van der Waals surface area contributed by atoms with Crippen molar-refractivity contribution in [1.82, 2.24) is 19.8 Å². The standard InChI is InChI=1S/C28H35N5O3/c1-31-11-8-20(9-12-31)32-13-15-33(16-14-32)26-22(7-4-10-29-26)27-30-24-18-21(35-2)17-23(19-5-3-6-19)25(24)28(34)36-27/h4,7,10,17-20H,3,5-6,8-9,11-16H2,1-2H3. The molecule has 2 saturated heterocycles. The van der Waals surface area contributed by atoms with Gasteiger partial charge in [-0.2, -0.15) is 0 Å². The van der Waals surface area contributed by atoms with Crippen LogP contribution in [0.25, 0.3) is 22.4 Å². The molecule has 3 aliphatic rings. The summed E-state index contributed by atoms with van der Waals surface area (Å²) in [5.74, 6) is 2.25. The van der Waals surface area contributed by atoms with E-state index in [0.29, 0.717) is 28.8 Å². The molecule has 2 aliphatic heterocycles. The normalized spacial score (nSPS) is 20.6. The average molecular weight is 490 g/mol. The summed E-state index contributed by atoms with van der Waals surface area (Å²) >= 11 is 0. The molecule has 0 radical (unpaired) electrons. The Balaban J connectivity index is 1.30. The molecule has 0 atom stereocenters. The molecule has 1 aromatic carbocycles. The van der Waals surface area contributed by atoms with Gasteiger partial charge in [0.1, 0.15) is 11.6 Å². The number of hydrogen-bond acceptors (Lipinski definition) is 8. The summed E-state index contributed by atoms with van der Waals surface area (Å²) in [5, 5.41) is 0.585. The van der Waals surface area contributed by atoms with Crippen molar-refractivity contribution in [2.24, 2.45) is 0 Å². The van der Waals surface area contributed by atoms with Gasteiger partial charge in [0.25, 0.3) is 0 Å². The van der Waals surface area contributed by atoms with Gasteiger partial charge in [-0.05, 0) is 75.5 Å². The Kier molecular flexibility index (Phi) is 6.39. The van der Waals surface area contributed by atoms with Crippen LogP contribution >= 0.6 is 0 Å². The van der Waals surface area contributed by atoms with Gasteiger partial charge in [-0.15, -0.1) is 0 Å². The molecule has 190 valence electrons. The highest BCUT2D eigenvalue weighted by Crippen LogP contribution is 2.41. The number of pyridine rings is 1. The smallest absolute Gasteiger partial charge is 0.347 e. The lowest BCUT2D eigenvalue weighted by Gasteiger charge is -2.42. The highest BCUT2D eigenvalue weighted by molar-refractivity contribution is 5.85. The quantitative estimate of drug-likeness (QED) is 0.537. The summed E-state index contributed by atoms with van der Waals surface area (Å²) in [6.45, 7) is 6.18. The fourth-order valence-electron chi connectivity index (χ4n) is 5.95. The first-order valence-electron chi connectivity index (χ1n) is 13.3. The molecule has 1 aliphatic carbocycles. The van der Waals surface area contributed by atoms with E-state index >= 15 is 0 Å². The van der Waals surface area contributed by atoms with E-state index in [4.69, 9.17) is 19.1 Å². The number of rotatable bonds is 5. The van der Waals surface area contributed by atoms with E-state index in [1.165, 1.54) is 32.4 Å². The van der Waals surface area contributed by atoms with Crippen LogP contribution in [0, 0.1) is 0 Å². The summed E-state index contributed by atoms with van der Waals surface area (Å²) in [5.41, 5.74) is 2.06. The number of methoxy groups -OCH3 is 1. The molecule has 8 nitrogen and oxygen atoms in total. The zero-order chi connectivity index (χ0) is 24.6. The minimum atomic E-state index is -0.332. The monoisotopic (exact) mass is 489 g/mol. The maximum Gasteiger partial charge on any atom is 0.347 e. The van der Waals surface area contributed by atoms with Crippen molar-refractivity contribution >= 4 is 16.7 Å². The van der Waals surface area contributed by atoms with Crippen LogP contribution in [0.2, 0.25) is 0 Å². The van der Waals surface area contributed by atoms with Crippen molar-refractivity contribution in [1.29, 1.82) is 0 Å². The van der Waals surface area contributed by atoms with Gasteiger partial charge in [0.05, 0.1) is 23.6 Å². The Morgan fingerprint density at radius 1 is 1.03 bits per heavy atom. The Morgan fingerprint density at radius 3 is 2.50 bits per heavy atom. The number of piperidine rings is 1. The second-order valence-electron chi connectivity index (χ2n) is 10.5. The third-order valence-electron chi connectivity index (χ3n) is 8.35. The zero-order valence-electron chi connectivity index (χ0n) is 21.3. The summed E-state index contributed by atoms with van der Waals surface area (Å²) in [6, 6.07) is 8.32. The number of ether oxygens (including phenoxy) is 1. The van der Waals surface area contributed by atoms with E-state index in [1.807, 2.05) is 24.3 Å². The van der Waals surface area contributed by atoms with Crippen LogP contribution in [-0.4, -0.2) is 79.2 Å². The van der Waals surface area contributed by atoms with Gasteiger partial charge < -0.3 is 19.0 Å². The molecule has 4 heterocycles. The molecule has 6 rings (SSSR count). The van der Waals surface area contributed by atoms with Gasteiger partial charge in [0.2, 0.25) is 5.89 Å². The molecule has 0 spiro atoms. The van der Waals surface area contributed by atoms with Crippen LogP contribution in [-0.2, 0) is 0 Å². The fourth-order valence-corrected chi connectivity index (χ4v) is 5.95. The first-order valence-corrected chi connectivity index (χ1v) is 13.3. The van der Waals surface area contributed by atoms with Crippen LogP contribution < -0.4 is 15.3 Å². The molecule has 36 heavy (non-hydrogen) atoms. The summed E-state index contributed by atoms with van der Waals surface area (Å²) in [4.78, 5) is 30.2. The molecule has 3 aromatic rings. The summed E-state index contributed by atoms with van der Waals surface area (Å²) in [7, 11) is 3.86. The predicted molar refractivity (Wildman–Crippen MR) is 141 cm³/mol. The number of hydrogen-bond donors (Lipinski definition) is 0. The van der Waals surface area contributed by atoms with E-state index in [-0.39, 0.29) is 5.63 Å². The van der Waals surface area contributed by atoms with Crippen LogP contribution in [0.4, 0.5) is 5.82 Å². The minimum absolute atomic E-state index is 0.321. The third-order valence-corrected chi connectivity index (χ3v) is 8.35. The van der Waals surface area contributed by atoms with Gasteiger partial charge in [-0.3, -0.25) is 4.90 Å². The van der Waals surface area contributed by atoms with Gasteiger partial charge in [0, 0.05) is 44.5 Å². The first-order chi connectivity index (χ1) is 17.6. The minimum Gasteiger partial charge on any atom is -0.497 e. The van der Waals surface area contributed by atoms with E-state index in [2.05, 4.69) is 21.7 Å². The Labute approximate surface area is 211 Å². The SMILES string of the molecule is COc1cc(C2CCC2)c2c(=O)oc(-c3cccnc3N3CCN(C4CCN(C)CC4)CC3)nc2c1. The average Bonchev–Trinajstić information content (AvgIpc) is 2.88. The van der Waals surface area contributed by atoms with Gasteiger partial charge in [-0.1, -0.05) is 6.42 Å². The second-order valence-corrected chi connectivity index (χ2v) is 10.5. The molecule has 8 heteroatoms. The number of fused-ring (bicyclic) bond motifs is 1. The highest BCUT2D eigenvalue weighted by Gasteiger charge is 2.29. The molecular weight excluding hydrogens is 454 g/mol. The Morgan fingerprint density at radius 2 is 1.81 bits per heavy atom. The van der Waals surface area contributed by atoms with E-state index in [9.17, 15) is 4.79 Å². The van der Waals surface area contributed by atoms with Crippen LogP contribution in [0.5, 0.6) is 5.75 Å². The summed E-state index contributed by atoms with van der Waals surface area (Å²) < 4.78 is 11.4. The lowest BCUT2D eigenvalue weighted by atomic mass is 9.79. The maximum absolute atomic E-state index is 13.3. The number of anilines is 1. The molecule has 0 amide bonds. The molecule has 2 aromatic heterocycles. The third kappa shape index (κ3) is 4.37. The van der Waals surface area contributed by atoms with Crippen molar-refractivity contribution in [3.63, 3.8) is 0 Å². The highest BCUT2D eigenvalue weighted by atomic mass is 16.5. The Hall–Kier alpha value is -2.97. The number of likely N-dealkylation sites (tertiary alicyclic amines) is 1. The Bertz CT molecular complexity index is 1290. The first kappa shape index (κ1) is 23.4. The zero-order valence-corrected chi connectivity index (χ0v) is 21.3. The number of aromatic nitrogens is 2. The van der Waals surface area contributed by atoms with Gasteiger partial charge in [-0.25, -0.2) is 14.8 Å². The molecule has 3 fully saturated rings. The fraction of sp³-hybridized carbons (Fsp3) is 0.536. The largest absolute Gasteiger partial charge is 0.497 e. The lowest BCUT2D eigenvalue weighted by Crippen LogP contribution is -2.53. The molecule has 0 unspecified atom stereocenters. The predicted octanol–water partition coefficient (Wildman–Crippen LogP) is 3.74. The van der Waals surface area contributed by atoms with Crippen molar-refractivity contribution in [3.8, 4) is 17.2 Å². The number of piperazine rings is 1. The maximum atomic E-state index is 13.3. The van der Waals surface area contributed by atoms with Gasteiger partial charge in [0.15, 0.2) is 0 Å². The van der Waals surface area contributed by atoms with Crippen molar-refractivity contribution in [2.75, 3.05) is 58.3 Å².